The van der Waals surface area contributed by atoms with Crippen LogP contribution in [0.2, 0.25) is 0 Å². The standard InChI is InChI=1S/C28H46O5/c1-2-3-4-5-6-7-8-9-10-11-12-13-14-15-16-17-18-19-28(32)22-25(31)27-24(30)20-23(29)21-26(27)33-28/h20-21,29-30,32H,2-19,22H2,1H3/t28-/m0/s1. The molecule has 1 aromatic carbocycles. The molecule has 0 bridgehead atoms. The molecule has 188 valence electrons. The highest BCUT2D eigenvalue weighted by atomic mass is 16.6. The van der Waals surface area contributed by atoms with Crippen LogP contribution in [0.4, 0.5) is 0 Å². The Labute approximate surface area is 200 Å². The summed E-state index contributed by atoms with van der Waals surface area (Å²) in [6, 6.07) is 2.38. The van der Waals surface area contributed by atoms with E-state index in [4.69, 9.17) is 4.74 Å². The number of Topliss-reactive ketones (excluding diaryl/α,β-unsaturated/α-hetero) is 1. The Morgan fingerprint density at radius 1 is 0.758 bits per heavy atom. The Balaban J connectivity index is 1.44. The van der Waals surface area contributed by atoms with Crippen LogP contribution in [-0.2, 0) is 0 Å². The zero-order chi connectivity index (χ0) is 23.9. The van der Waals surface area contributed by atoms with Gasteiger partial charge >= 0.3 is 0 Å². The molecule has 0 aliphatic carbocycles. The van der Waals surface area contributed by atoms with Crippen molar-refractivity contribution < 1.29 is 24.9 Å². The van der Waals surface area contributed by atoms with Gasteiger partial charge in [0.25, 0.3) is 0 Å². The van der Waals surface area contributed by atoms with Crippen LogP contribution >= 0.6 is 0 Å². The van der Waals surface area contributed by atoms with Gasteiger partial charge in [-0.3, -0.25) is 4.79 Å². The maximum absolute atomic E-state index is 12.3. The predicted molar refractivity (Wildman–Crippen MR) is 133 cm³/mol. The van der Waals surface area contributed by atoms with Crippen molar-refractivity contribution in [1.82, 2.24) is 0 Å². The largest absolute Gasteiger partial charge is 0.508 e. The van der Waals surface area contributed by atoms with Crippen molar-refractivity contribution >= 4 is 5.78 Å². The zero-order valence-corrected chi connectivity index (χ0v) is 20.7. The Morgan fingerprint density at radius 3 is 1.70 bits per heavy atom. The Hall–Kier alpha value is -1.75. The third-order valence-electron chi connectivity index (χ3n) is 6.75. The molecule has 0 radical (unpaired) electrons. The maximum Gasteiger partial charge on any atom is 0.215 e. The van der Waals surface area contributed by atoms with Gasteiger partial charge in [0.2, 0.25) is 5.79 Å². The molecule has 5 nitrogen and oxygen atoms in total. The summed E-state index contributed by atoms with van der Waals surface area (Å²) in [7, 11) is 0. The van der Waals surface area contributed by atoms with Crippen molar-refractivity contribution in [3.63, 3.8) is 0 Å². The summed E-state index contributed by atoms with van der Waals surface area (Å²) in [4.78, 5) is 12.3. The molecule has 0 saturated carbocycles. The molecule has 2 rings (SSSR count). The minimum Gasteiger partial charge on any atom is -0.508 e. The molecule has 1 aliphatic heterocycles. The van der Waals surface area contributed by atoms with E-state index in [9.17, 15) is 20.1 Å². The monoisotopic (exact) mass is 462 g/mol. The number of ketones is 1. The highest BCUT2D eigenvalue weighted by molar-refractivity contribution is 6.02. The molecule has 1 atom stereocenters. The van der Waals surface area contributed by atoms with E-state index in [-0.39, 0.29) is 35.0 Å². The molecule has 0 aromatic heterocycles. The first-order valence-electron chi connectivity index (χ1n) is 13.5. The molecule has 0 saturated heterocycles. The van der Waals surface area contributed by atoms with E-state index in [1.165, 1.54) is 96.0 Å². The third kappa shape index (κ3) is 10.4. The molecule has 1 aromatic rings. The second-order valence-corrected chi connectivity index (χ2v) is 9.89. The lowest BCUT2D eigenvalue weighted by atomic mass is 9.93. The summed E-state index contributed by atoms with van der Waals surface area (Å²) in [5, 5.41) is 30.2. The highest BCUT2D eigenvalue weighted by Crippen LogP contribution is 2.41. The van der Waals surface area contributed by atoms with Gasteiger partial charge in [0.15, 0.2) is 5.78 Å². The summed E-state index contributed by atoms with van der Waals surface area (Å²) >= 11 is 0. The number of phenols is 2. The van der Waals surface area contributed by atoms with Gasteiger partial charge in [-0.25, -0.2) is 0 Å². The van der Waals surface area contributed by atoms with Crippen LogP contribution in [0.5, 0.6) is 17.2 Å². The zero-order valence-electron chi connectivity index (χ0n) is 20.7. The summed E-state index contributed by atoms with van der Waals surface area (Å²) in [5.41, 5.74) is 0.0416. The van der Waals surface area contributed by atoms with E-state index in [0.717, 1.165) is 25.3 Å². The third-order valence-corrected chi connectivity index (χ3v) is 6.75. The van der Waals surface area contributed by atoms with Crippen molar-refractivity contribution in [3.05, 3.63) is 17.7 Å². The molecule has 0 spiro atoms. The molecule has 1 heterocycles. The molecule has 0 fully saturated rings. The van der Waals surface area contributed by atoms with E-state index < -0.39 is 5.79 Å². The first-order valence-corrected chi connectivity index (χ1v) is 13.5. The molecule has 3 N–H and O–H groups in total. The Bertz CT molecular complexity index is 702. The van der Waals surface area contributed by atoms with Crippen LogP contribution in [0, 0.1) is 0 Å². The quantitative estimate of drug-likeness (QED) is 0.194. The van der Waals surface area contributed by atoms with Crippen LogP contribution in [0.3, 0.4) is 0 Å². The Morgan fingerprint density at radius 2 is 1.21 bits per heavy atom. The topological polar surface area (TPSA) is 87.0 Å². The van der Waals surface area contributed by atoms with Gasteiger partial charge in [-0.1, -0.05) is 110 Å². The van der Waals surface area contributed by atoms with Crippen LogP contribution in [0.15, 0.2) is 12.1 Å². The number of hydrogen-bond acceptors (Lipinski definition) is 5. The molecule has 33 heavy (non-hydrogen) atoms. The summed E-state index contributed by atoms with van der Waals surface area (Å²) in [5.74, 6) is -2.36. The van der Waals surface area contributed by atoms with Gasteiger partial charge in [0, 0.05) is 18.6 Å². The first kappa shape index (κ1) is 27.5. The fourth-order valence-corrected chi connectivity index (χ4v) is 4.79. The lowest BCUT2D eigenvalue weighted by Crippen LogP contribution is -2.41. The van der Waals surface area contributed by atoms with Crippen LogP contribution in [-0.4, -0.2) is 26.9 Å². The lowest BCUT2D eigenvalue weighted by molar-refractivity contribution is -0.145. The molecule has 5 heteroatoms. The number of aromatic hydroxyl groups is 2. The van der Waals surface area contributed by atoms with Crippen molar-refractivity contribution in [3.8, 4) is 17.2 Å². The van der Waals surface area contributed by atoms with Crippen molar-refractivity contribution in [1.29, 1.82) is 0 Å². The normalized spacial score (nSPS) is 17.7. The van der Waals surface area contributed by atoms with Crippen molar-refractivity contribution in [2.24, 2.45) is 0 Å². The highest BCUT2D eigenvalue weighted by Gasteiger charge is 2.40. The average molecular weight is 463 g/mol. The number of ether oxygens (including phenoxy) is 1. The van der Waals surface area contributed by atoms with Gasteiger partial charge in [-0.05, 0) is 6.42 Å². The number of carbonyl (C=O) groups is 1. The number of carbonyl (C=O) groups excluding carboxylic acids is 1. The fourth-order valence-electron chi connectivity index (χ4n) is 4.79. The van der Waals surface area contributed by atoms with Gasteiger partial charge < -0.3 is 20.1 Å². The number of benzene rings is 1. The SMILES string of the molecule is CCCCCCCCCCCCCCCCCCC[C@@]1(O)CC(=O)c2c(O)cc(O)cc2O1. The second kappa shape index (κ2) is 15.2. The van der Waals surface area contributed by atoms with Crippen molar-refractivity contribution in [2.45, 2.75) is 135 Å². The van der Waals surface area contributed by atoms with Gasteiger partial charge in [0.1, 0.15) is 22.8 Å². The van der Waals surface area contributed by atoms with E-state index in [1.54, 1.807) is 0 Å². The average Bonchev–Trinajstić information content (AvgIpc) is 2.75. The summed E-state index contributed by atoms with van der Waals surface area (Å²) in [6.45, 7) is 2.27. The molecular formula is C28H46O5. The smallest absolute Gasteiger partial charge is 0.215 e. The first-order chi connectivity index (χ1) is 15.9. The predicted octanol–water partition coefficient (Wildman–Crippen LogP) is 7.79. The molecular weight excluding hydrogens is 416 g/mol. The summed E-state index contributed by atoms with van der Waals surface area (Å²) in [6.07, 6.45) is 22.1. The van der Waals surface area contributed by atoms with Crippen LogP contribution in [0.1, 0.15) is 139 Å². The maximum atomic E-state index is 12.3. The fraction of sp³-hybridized carbons (Fsp3) is 0.750. The van der Waals surface area contributed by atoms with Crippen LogP contribution in [0.25, 0.3) is 0 Å². The lowest BCUT2D eigenvalue weighted by Gasteiger charge is -2.33. The number of aliphatic hydroxyl groups is 1. The van der Waals surface area contributed by atoms with Gasteiger partial charge in [0.05, 0.1) is 6.42 Å². The molecule has 0 unspecified atom stereocenters. The molecule has 1 aliphatic rings. The van der Waals surface area contributed by atoms with E-state index >= 15 is 0 Å². The number of hydrogen-bond donors (Lipinski definition) is 3. The summed E-state index contributed by atoms with van der Waals surface area (Å²) < 4.78 is 5.60. The number of fused-ring (bicyclic) bond motifs is 1. The van der Waals surface area contributed by atoms with Gasteiger partial charge in [-0.2, -0.15) is 0 Å². The van der Waals surface area contributed by atoms with Crippen molar-refractivity contribution in [2.75, 3.05) is 0 Å². The minimum absolute atomic E-state index is 0.0416. The Kier molecular flexibility index (Phi) is 12.7. The molecule has 0 amide bonds. The minimum atomic E-state index is -1.56. The number of rotatable bonds is 18. The van der Waals surface area contributed by atoms with E-state index in [2.05, 4.69) is 6.92 Å². The van der Waals surface area contributed by atoms with Gasteiger partial charge in [-0.15, -0.1) is 0 Å². The van der Waals surface area contributed by atoms with Crippen LogP contribution < -0.4 is 4.74 Å². The second-order valence-electron chi connectivity index (χ2n) is 9.89. The number of phenolic OH excluding ortho intramolecular Hbond substituents is 2. The number of unbranched alkanes of at least 4 members (excludes halogenated alkanes) is 16. The van der Waals surface area contributed by atoms with E-state index in [1.807, 2.05) is 0 Å². The van der Waals surface area contributed by atoms with E-state index in [0.29, 0.717) is 6.42 Å².